The first-order valence-corrected chi connectivity index (χ1v) is 4.31. The van der Waals surface area contributed by atoms with E-state index in [0.29, 0.717) is 6.54 Å². The second-order valence-electron chi connectivity index (χ2n) is 1.95. The van der Waals surface area contributed by atoms with Crippen LogP contribution in [0.4, 0.5) is 0 Å². The van der Waals surface area contributed by atoms with Crippen LogP contribution in [-0.4, -0.2) is 24.0 Å². The van der Waals surface area contributed by atoms with Crippen molar-refractivity contribution in [3.05, 3.63) is 23.3 Å². The molecule has 1 heterocycles. The molecule has 2 nitrogen and oxygen atoms in total. The highest BCUT2D eigenvalue weighted by molar-refractivity contribution is 8.02. The van der Waals surface area contributed by atoms with Gasteiger partial charge in [-0.2, -0.15) is 0 Å². The van der Waals surface area contributed by atoms with E-state index in [-0.39, 0.29) is 6.61 Å². The van der Waals surface area contributed by atoms with Crippen LogP contribution < -0.4 is 5.32 Å². The maximum atomic E-state index is 8.48. The summed E-state index contributed by atoms with van der Waals surface area (Å²) < 4.78 is 0. The van der Waals surface area contributed by atoms with E-state index in [1.165, 1.54) is 0 Å². The van der Waals surface area contributed by atoms with Gasteiger partial charge in [-0.1, -0.05) is 6.08 Å². The third kappa shape index (κ3) is 2.45. The summed E-state index contributed by atoms with van der Waals surface area (Å²) in [6, 6.07) is 0. The predicted molar refractivity (Wildman–Crippen MR) is 44.8 cm³/mol. The average molecular weight is 157 g/mol. The highest BCUT2D eigenvalue weighted by atomic mass is 32.2. The number of hydrogen-bond acceptors (Lipinski definition) is 3. The lowest BCUT2D eigenvalue weighted by Crippen LogP contribution is -2.17. The van der Waals surface area contributed by atoms with Gasteiger partial charge in [-0.05, 0) is 11.5 Å². The van der Waals surface area contributed by atoms with Gasteiger partial charge in [0.05, 0.1) is 6.61 Å². The second kappa shape index (κ2) is 4.41. The molecular weight excluding hydrogens is 146 g/mol. The Bertz CT molecular complexity index is 154. The lowest BCUT2D eigenvalue weighted by atomic mass is 10.4. The SMILES string of the molecule is OCCNC1=CCSC=C1. The third-order valence-corrected chi connectivity index (χ3v) is 1.87. The van der Waals surface area contributed by atoms with E-state index < -0.39 is 0 Å². The molecule has 0 atom stereocenters. The highest BCUT2D eigenvalue weighted by Crippen LogP contribution is 2.11. The molecule has 0 aromatic carbocycles. The molecule has 0 saturated carbocycles. The first kappa shape index (κ1) is 7.69. The minimum atomic E-state index is 0.193. The van der Waals surface area contributed by atoms with Crippen molar-refractivity contribution in [2.24, 2.45) is 0 Å². The van der Waals surface area contributed by atoms with Crippen LogP contribution in [0.2, 0.25) is 0 Å². The van der Waals surface area contributed by atoms with Gasteiger partial charge in [0.2, 0.25) is 0 Å². The summed E-state index contributed by atoms with van der Waals surface area (Å²) in [5.74, 6) is 1.03. The Hall–Kier alpha value is -0.410. The molecule has 10 heavy (non-hydrogen) atoms. The molecule has 0 amide bonds. The zero-order valence-corrected chi connectivity index (χ0v) is 6.53. The molecule has 0 aliphatic carbocycles. The molecule has 0 fully saturated rings. The van der Waals surface area contributed by atoms with E-state index in [2.05, 4.69) is 16.8 Å². The van der Waals surface area contributed by atoms with Crippen LogP contribution in [0.3, 0.4) is 0 Å². The van der Waals surface area contributed by atoms with E-state index in [0.717, 1.165) is 11.4 Å². The first-order chi connectivity index (χ1) is 4.93. The summed E-state index contributed by atoms with van der Waals surface area (Å²) >= 11 is 1.77. The number of thioether (sulfide) groups is 1. The summed E-state index contributed by atoms with van der Waals surface area (Å²) in [5.41, 5.74) is 1.12. The van der Waals surface area contributed by atoms with Crippen molar-refractivity contribution in [1.29, 1.82) is 0 Å². The number of aliphatic hydroxyl groups is 1. The Morgan fingerprint density at radius 1 is 1.70 bits per heavy atom. The molecule has 0 aromatic heterocycles. The van der Waals surface area contributed by atoms with Crippen LogP contribution in [0.1, 0.15) is 0 Å². The smallest absolute Gasteiger partial charge is 0.0604 e. The Kier molecular flexibility index (Phi) is 3.40. The van der Waals surface area contributed by atoms with Crippen molar-refractivity contribution >= 4 is 11.8 Å². The summed E-state index contributed by atoms with van der Waals surface area (Å²) in [6.07, 6.45) is 4.13. The molecular formula is C7H11NOS. The van der Waals surface area contributed by atoms with E-state index in [1.807, 2.05) is 6.08 Å². The maximum absolute atomic E-state index is 8.48. The maximum Gasteiger partial charge on any atom is 0.0604 e. The molecule has 56 valence electrons. The van der Waals surface area contributed by atoms with Gasteiger partial charge in [-0.3, -0.25) is 0 Å². The molecule has 0 spiro atoms. The summed E-state index contributed by atoms with van der Waals surface area (Å²) in [4.78, 5) is 0. The lowest BCUT2D eigenvalue weighted by Gasteiger charge is -2.07. The van der Waals surface area contributed by atoms with Gasteiger partial charge in [-0.15, -0.1) is 11.8 Å². The van der Waals surface area contributed by atoms with Crippen molar-refractivity contribution in [3.8, 4) is 0 Å². The Morgan fingerprint density at radius 3 is 3.20 bits per heavy atom. The van der Waals surface area contributed by atoms with Crippen LogP contribution in [0.5, 0.6) is 0 Å². The van der Waals surface area contributed by atoms with E-state index in [1.54, 1.807) is 11.8 Å². The molecule has 0 bridgehead atoms. The zero-order valence-electron chi connectivity index (χ0n) is 5.71. The zero-order chi connectivity index (χ0) is 7.23. The number of aliphatic hydroxyl groups excluding tert-OH is 1. The largest absolute Gasteiger partial charge is 0.395 e. The average Bonchev–Trinajstić information content (AvgIpc) is 2.03. The van der Waals surface area contributed by atoms with Crippen LogP contribution in [0.25, 0.3) is 0 Å². The summed E-state index contributed by atoms with van der Waals surface area (Å²) in [7, 11) is 0. The van der Waals surface area contributed by atoms with Crippen LogP contribution in [0.15, 0.2) is 23.3 Å². The Balaban J connectivity index is 2.26. The fraction of sp³-hybridized carbons (Fsp3) is 0.429. The van der Waals surface area contributed by atoms with Crippen LogP contribution in [0, 0.1) is 0 Å². The van der Waals surface area contributed by atoms with Gasteiger partial charge in [0.25, 0.3) is 0 Å². The molecule has 0 unspecified atom stereocenters. The van der Waals surface area contributed by atoms with Gasteiger partial charge in [0.15, 0.2) is 0 Å². The molecule has 2 N–H and O–H groups in total. The topological polar surface area (TPSA) is 32.3 Å². The van der Waals surface area contributed by atoms with Gasteiger partial charge in [0.1, 0.15) is 0 Å². The lowest BCUT2D eigenvalue weighted by molar-refractivity contribution is 0.297. The molecule has 0 radical (unpaired) electrons. The first-order valence-electron chi connectivity index (χ1n) is 3.26. The minimum Gasteiger partial charge on any atom is -0.395 e. The highest BCUT2D eigenvalue weighted by Gasteiger charge is 1.93. The standard InChI is InChI=1S/C7H11NOS/c9-4-3-8-7-1-5-10-6-2-7/h1-2,5,8-9H,3-4,6H2. The quantitative estimate of drug-likeness (QED) is 0.633. The number of nitrogens with one attached hydrogen (secondary N) is 1. The van der Waals surface area contributed by atoms with Crippen molar-refractivity contribution in [2.75, 3.05) is 18.9 Å². The van der Waals surface area contributed by atoms with E-state index in [9.17, 15) is 0 Å². The van der Waals surface area contributed by atoms with Crippen LogP contribution in [-0.2, 0) is 0 Å². The van der Waals surface area contributed by atoms with Crippen molar-refractivity contribution < 1.29 is 5.11 Å². The number of allylic oxidation sites excluding steroid dienone is 1. The molecule has 1 aliphatic heterocycles. The van der Waals surface area contributed by atoms with E-state index >= 15 is 0 Å². The van der Waals surface area contributed by atoms with Crippen LogP contribution >= 0.6 is 11.8 Å². The summed E-state index contributed by atoms with van der Waals surface area (Å²) in [5, 5.41) is 13.6. The van der Waals surface area contributed by atoms with E-state index in [4.69, 9.17) is 5.11 Å². The fourth-order valence-corrected chi connectivity index (χ4v) is 1.34. The second-order valence-corrected chi connectivity index (χ2v) is 2.88. The molecule has 0 saturated heterocycles. The van der Waals surface area contributed by atoms with Gasteiger partial charge in [0, 0.05) is 18.0 Å². The number of rotatable bonds is 3. The van der Waals surface area contributed by atoms with Crippen molar-refractivity contribution in [2.45, 2.75) is 0 Å². The molecule has 1 rings (SSSR count). The number of hydrogen-bond donors (Lipinski definition) is 2. The van der Waals surface area contributed by atoms with Crippen molar-refractivity contribution in [3.63, 3.8) is 0 Å². The minimum absolute atomic E-state index is 0.193. The van der Waals surface area contributed by atoms with Gasteiger partial charge >= 0.3 is 0 Å². The normalized spacial score (nSPS) is 16.7. The fourth-order valence-electron chi connectivity index (χ4n) is 0.714. The predicted octanol–water partition coefficient (Wildman–Crippen LogP) is 0.713. The van der Waals surface area contributed by atoms with Gasteiger partial charge in [-0.25, -0.2) is 0 Å². The van der Waals surface area contributed by atoms with Gasteiger partial charge < -0.3 is 10.4 Å². The van der Waals surface area contributed by atoms with Crippen molar-refractivity contribution in [1.82, 2.24) is 5.32 Å². The monoisotopic (exact) mass is 157 g/mol. The Morgan fingerprint density at radius 2 is 2.60 bits per heavy atom. The Labute approximate surface area is 65.0 Å². The summed E-state index contributed by atoms with van der Waals surface area (Å²) in [6.45, 7) is 0.833. The molecule has 3 heteroatoms. The third-order valence-electron chi connectivity index (χ3n) is 1.18. The molecule has 0 aromatic rings. The molecule has 1 aliphatic rings.